The number of ether oxygens (including phenoxy) is 1. The fourth-order valence-corrected chi connectivity index (χ4v) is 3.87. The number of hydrogen-bond acceptors (Lipinski definition) is 6. The molecule has 0 bridgehead atoms. The van der Waals surface area contributed by atoms with E-state index in [0.717, 1.165) is 5.56 Å². The van der Waals surface area contributed by atoms with E-state index in [0.29, 0.717) is 24.9 Å². The van der Waals surface area contributed by atoms with Gasteiger partial charge in [-0.3, -0.25) is 14.4 Å². The van der Waals surface area contributed by atoms with Crippen LogP contribution in [-0.2, 0) is 25.7 Å². The van der Waals surface area contributed by atoms with Crippen molar-refractivity contribution in [3.05, 3.63) is 58.3 Å². The number of carbonyl (C=O) groups is 4. The van der Waals surface area contributed by atoms with Gasteiger partial charge in [0.1, 0.15) is 12.6 Å². The second-order valence-electron chi connectivity index (χ2n) is 6.83. The summed E-state index contributed by atoms with van der Waals surface area (Å²) in [5.74, 6) is -2.23. The van der Waals surface area contributed by atoms with Gasteiger partial charge in [0.25, 0.3) is 5.91 Å². The predicted octanol–water partition coefficient (Wildman–Crippen LogP) is 2.77. The van der Waals surface area contributed by atoms with E-state index in [1.165, 1.54) is 11.3 Å². The maximum Gasteiger partial charge on any atom is 0.408 e. The van der Waals surface area contributed by atoms with Gasteiger partial charge < -0.3 is 15.4 Å². The zero-order valence-electron chi connectivity index (χ0n) is 15.8. The molecule has 1 aliphatic rings. The Morgan fingerprint density at radius 3 is 2.72 bits per heavy atom. The van der Waals surface area contributed by atoms with Gasteiger partial charge in [-0.2, -0.15) is 11.3 Å². The summed E-state index contributed by atoms with van der Waals surface area (Å²) in [7, 11) is 0. The minimum absolute atomic E-state index is 0.0818. The molecule has 2 heterocycles. The molecule has 152 valence electrons. The molecule has 1 aliphatic heterocycles. The molecule has 2 unspecified atom stereocenters. The molecule has 1 saturated heterocycles. The predicted molar refractivity (Wildman–Crippen MR) is 107 cm³/mol. The maximum absolute atomic E-state index is 12.9. The molecule has 3 rings (SSSR count). The highest BCUT2D eigenvalue weighted by Crippen LogP contribution is 2.24. The van der Waals surface area contributed by atoms with Gasteiger partial charge in [-0.25, -0.2) is 4.79 Å². The third kappa shape index (κ3) is 5.74. The molecule has 0 spiro atoms. The zero-order chi connectivity index (χ0) is 20.6. The van der Waals surface area contributed by atoms with E-state index in [2.05, 4.69) is 10.6 Å². The van der Waals surface area contributed by atoms with Crippen LogP contribution in [0.4, 0.5) is 4.79 Å². The second kappa shape index (κ2) is 9.97. The lowest BCUT2D eigenvalue weighted by molar-refractivity contribution is -0.140. The van der Waals surface area contributed by atoms with Crippen molar-refractivity contribution >= 4 is 34.9 Å². The summed E-state index contributed by atoms with van der Waals surface area (Å²) in [5, 5.41) is 8.70. The molecular weight excluding hydrogens is 392 g/mol. The fourth-order valence-electron chi connectivity index (χ4n) is 3.18. The van der Waals surface area contributed by atoms with Crippen molar-refractivity contribution in [1.29, 1.82) is 0 Å². The third-order valence-corrected chi connectivity index (χ3v) is 5.43. The smallest absolute Gasteiger partial charge is 0.408 e. The lowest BCUT2D eigenvalue weighted by Crippen LogP contribution is -2.37. The van der Waals surface area contributed by atoms with Crippen molar-refractivity contribution in [2.24, 2.45) is 5.92 Å². The number of nitrogens with one attached hydrogen (secondary N) is 2. The van der Waals surface area contributed by atoms with Gasteiger partial charge in [-0.1, -0.05) is 30.3 Å². The molecule has 0 radical (unpaired) electrons. The molecule has 1 aromatic carbocycles. The van der Waals surface area contributed by atoms with Gasteiger partial charge in [-0.05, 0) is 40.8 Å². The number of rotatable bonds is 7. The van der Waals surface area contributed by atoms with Crippen molar-refractivity contribution in [2.75, 3.05) is 6.54 Å². The maximum atomic E-state index is 12.9. The monoisotopic (exact) mass is 414 g/mol. The van der Waals surface area contributed by atoms with Gasteiger partial charge >= 0.3 is 6.09 Å². The number of ketones is 2. The number of alkyl carbamates (subject to hydrolysis) is 1. The molecule has 2 amide bonds. The van der Waals surface area contributed by atoms with Crippen molar-refractivity contribution in [3.8, 4) is 0 Å². The highest BCUT2D eigenvalue weighted by molar-refractivity contribution is 7.08. The zero-order valence-corrected chi connectivity index (χ0v) is 16.6. The molecule has 1 aromatic heterocycles. The summed E-state index contributed by atoms with van der Waals surface area (Å²) in [6, 6.07) is 10.0. The first-order valence-corrected chi connectivity index (χ1v) is 10.3. The summed E-state index contributed by atoms with van der Waals surface area (Å²) in [6.45, 7) is 0.506. The molecule has 2 N–H and O–H groups in total. The Bertz CT molecular complexity index is 866. The largest absolute Gasteiger partial charge is 0.445 e. The van der Waals surface area contributed by atoms with Crippen LogP contribution in [-0.4, -0.2) is 30.1 Å². The average molecular weight is 414 g/mol. The Morgan fingerprint density at radius 2 is 2.00 bits per heavy atom. The summed E-state index contributed by atoms with van der Waals surface area (Å²) in [5.41, 5.74) is 1.46. The Kier molecular flexibility index (Phi) is 7.13. The van der Waals surface area contributed by atoms with E-state index in [-0.39, 0.29) is 18.8 Å². The summed E-state index contributed by atoms with van der Waals surface area (Å²) < 4.78 is 5.23. The van der Waals surface area contributed by atoms with E-state index in [1.54, 1.807) is 16.8 Å². The van der Waals surface area contributed by atoms with Crippen LogP contribution in [0.1, 0.15) is 36.4 Å². The van der Waals surface area contributed by atoms with Gasteiger partial charge in [0, 0.05) is 18.9 Å². The molecule has 2 atom stereocenters. The Labute approximate surface area is 172 Å². The normalized spacial score (nSPS) is 17.7. The summed E-state index contributed by atoms with van der Waals surface area (Å²) in [6.07, 6.45) is 0.262. The molecule has 29 heavy (non-hydrogen) atoms. The Morgan fingerprint density at radius 1 is 1.21 bits per heavy atom. The van der Waals surface area contributed by atoms with Gasteiger partial charge in [0.2, 0.25) is 5.78 Å². The van der Waals surface area contributed by atoms with Crippen molar-refractivity contribution in [1.82, 2.24) is 10.6 Å². The molecule has 1 fully saturated rings. The number of Topliss-reactive ketones (excluding diaryl/α,β-unsaturated/α-hetero) is 2. The standard InChI is InChI=1S/C21H22N2O5S/c24-17(11-15-7-4-9-22-20(26)19(15)25)18(16-8-10-29-13-16)23-21(27)28-12-14-5-2-1-3-6-14/h1-3,5-6,8,10,13,15,18H,4,7,9,11-12H2,(H,22,26)(H,23,27). The van der Waals surface area contributed by atoms with Crippen LogP contribution in [0.5, 0.6) is 0 Å². The van der Waals surface area contributed by atoms with Crippen LogP contribution in [0.15, 0.2) is 47.2 Å². The highest BCUT2D eigenvalue weighted by atomic mass is 32.1. The average Bonchev–Trinajstić information content (AvgIpc) is 3.22. The minimum atomic E-state index is -0.927. The molecule has 0 saturated carbocycles. The number of amides is 2. The first-order valence-electron chi connectivity index (χ1n) is 9.38. The quantitative estimate of drug-likeness (QED) is 0.679. The first kappa shape index (κ1) is 20.7. The first-order chi connectivity index (χ1) is 14.0. The third-order valence-electron chi connectivity index (χ3n) is 4.73. The van der Waals surface area contributed by atoms with Gasteiger partial charge in [0.15, 0.2) is 5.78 Å². The summed E-state index contributed by atoms with van der Waals surface area (Å²) >= 11 is 1.40. The van der Waals surface area contributed by atoms with Crippen molar-refractivity contribution in [2.45, 2.75) is 31.9 Å². The van der Waals surface area contributed by atoms with E-state index < -0.39 is 29.7 Å². The molecular formula is C21H22N2O5S. The number of benzene rings is 1. The van der Waals surface area contributed by atoms with Crippen LogP contribution < -0.4 is 10.6 Å². The Balaban J connectivity index is 1.65. The van der Waals surface area contributed by atoms with Crippen LogP contribution >= 0.6 is 11.3 Å². The second-order valence-corrected chi connectivity index (χ2v) is 7.61. The number of thiophene rings is 1. The fraction of sp³-hybridized carbons (Fsp3) is 0.333. The summed E-state index contributed by atoms with van der Waals surface area (Å²) in [4.78, 5) is 49.2. The van der Waals surface area contributed by atoms with E-state index in [9.17, 15) is 19.2 Å². The van der Waals surface area contributed by atoms with Gasteiger partial charge in [0.05, 0.1) is 0 Å². The van der Waals surface area contributed by atoms with E-state index >= 15 is 0 Å². The molecule has 2 aromatic rings. The van der Waals surface area contributed by atoms with Gasteiger partial charge in [-0.15, -0.1) is 0 Å². The van der Waals surface area contributed by atoms with Crippen LogP contribution in [0.2, 0.25) is 0 Å². The molecule has 7 nitrogen and oxygen atoms in total. The van der Waals surface area contributed by atoms with E-state index in [4.69, 9.17) is 4.74 Å². The number of carbonyl (C=O) groups excluding carboxylic acids is 4. The molecule has 0 aliphatic carbocycles. The van der Waals surface area contributed by atoms with E-state index in [1.807, 2.05) is 30.3 Å². The van der Waals surface area contributed by atoms with Crippen LogP contribution in [0.25, 0.3) is 0 Å². The SMILES string of the molecule is O=C(NC(C(=O)CC1CCCNC(=O)C1=O)c1ccsc1)OCc1ccccc1. The minimum Gasteiger partial charge on any atom is -0.445 e. The molecule has 8 heteroatoms. The number of hydrogen-bond donors (Lipinski definition) is 2. The Hall–Kier alpha value is -3.00. The van der Waals surface area contributed by atoms with Crippen molar-refractivity contribution < 1.29 is 23.9 Å². The lowest BCUT2D eigenvalue weighted by Gasteiger charge is -2.19. The lowest BCUT2D eigenvalue weighted by atomic mass is 9.90. The van der Waals surface area contributed by atoms with Crippen LogP contribution in [0, 0.1) is 5.92 Å². The van der Waals surface area contributed by atoms with Crippen molar-refractivity contribution in [3.63, 3.8) is 0 Å². The highest BCUT2D eigenvalue weighted by Gasteiger charge is 2.33. The van der Waals surface area contributed by atoms with Crippen LogP contribution in [0.3, 0.4) is 0 Å². The topological polar surface area (TPSA) is 102 Å².